The number of benzene rings is 2. The molecule has 2 aromatic rings. The van der Waals surface area contributed by atoms with Crippen molar-refractivity contribution in [1.82, 2.24) is 10.2 Å². The van der Waals surface area contributed by atoms with Gasteiger partial charge in [0.05, 0.1) is 5.92 Å². The Bertz CT molecular complexity index is 888. The van der Waals surface area contributed by atoms with E-state index in [4.69, 9.17) is 0 Å². The molecule has 1 spiro atoms. The normalized spacial score (nSPS) is 25.8. The number of halogens is 1. The Morgan fingerprint density at radius 2 is 1.75 bits per heavy atom. The second-order valence-electron chi connectivity index (χ2n) is 8.66. The van der Waals surface area contributed by atoms with E-state index in [2.05, 4.69) is 68.6 Å². The smallest absolute Gasteiger partial charge is 0.227 e. The van der Waals surface area contributed by atoms with Crippen LogP contribution < -0.4 is 5.32 Å². The first-order chi connectivity index (χ1) is 13.7. The van der Waals surface area contributed by atoms with Crippen LogP contribution in [-0.4, -0.2) is 37.0 Å². The van der Waals surface area contributed by atoms with Crippen molar-refractivity contribution in [3.8, 4) is 0 Å². The molecule has 2 atom stereocenters. The van der Waals surface area contributed by atoms with Gasteiger partial charge >= 0.3 is 0 Å². The van der Waals surface area contributed by atoms with E-state index in [-0.39, 0.29) is 11.8 Å². The zero-order chi connectivity index (χ0) is 19.1. The van der Waals surface area contributed by atoms with Crippen LogP contribution in [0.1, 0.15) is 41.9 Å². The van der Waals surface area contributed by atoms with Gasteiger partial charge in [-0.25, -0.2) is 0 Å². The molecule has 1 N–H and O–H groups in total. The van der Waals surface area contributed by atoms with Gasteiger partial charge in [0.25, 0.3) is 0 Å². The van der Waals surface area contributed by atoms with Gasteiger partial charge in [-0.05, 0) is 53.9 Å². The van der Waals surface area contributed by atoms with Gasteiger partial charge in [0.1, 0.15) is 0 Å². The van der Waals surface area contributed by atoms with Crippen molar-refractivity contribution in [1.29, 1.82) is 0 Å². The molecule has 0 unspecified atom stereocenters. The summed E-state index contributed by atoms with van der Waals surface area (Å²) >= 11 is 3.68. The molecule has 4 heteroatoms. The highest BCUT2D eigenvalue weighted by Crippen LogP contribution is 2.46. The maximum atomic E-state index is 13.4. The first kappa shape index (κ1) is 18.4. The number of piperidine rings is 1. The Labute approximate surface area is 175 Å². The molecule has 2 heterocycles. The molecule has 5 rings (SSSR count). The lowest BCUT2D eigenvalue weighted by molar-refractivity contribution is -0.137. The predicted molar refractivity (Wildman–Crippen MR) is 115 cm³/mol. The number of fused-ring (bicyclic) bond motifs is 2. The van der Waals surface area contributed by atoms with E-state index in [1.54, 1.807) is 5.56 Å². The zero-order valence-electron chi connectivity index (χ0n) is 16.2. The molecule has 0 aromatic heterocycles. The van der Waals surface area contributed by atoms with Crippen molar-refractivity contribution in [2.45, 2.75) is 37.0 Å². The molecule has 2 saturated heterocycles. The Kier molecular flexibility index (Phi) is 4.80. The molecule has 1 amide bonds. The SMILES string of the molecule is O=C([C@@H]1CNC[C@H]1c1ccccc1Br)N1CCC2(CCc3ccccc32)CC1. The summed E-state index contributed by atoms with van der Waals surface area (Å²) in [6, 6.07) is 17.3. The highest BCUT2D eigenvalue weighted by atomic mass is 79.9. The summed E-state index contributed by atoms with van der Waals surface area (Å²) in [5.74, 6) is 0.640. The number of rotatable bonds is 2. The number of carbonyl (C=O) groups excluding carboxylic acids is 1. The number of nitrogens with one attached hydrogen (secondary N) is 1. The number of likely N-dealkylation sites (tertiary alicyclic amines) is 1. The molecule has 0 saturated carbocycles. The zero-order valence-corrected chi connectivity index (χ0v) is 17.7. The monoisotopic (exact) mass is 438 g/mol. The molecule has 1 aliphatic carbocycles. The summed E-state index contributed by atoms with van der Waals surface area (Å²) < 4.78 is 1.11. The quantitative estimate of drug-likeness (QED) is 0.759. The summed E-state index contributed by atoms with van der Waals surface area (Å²) in [5.41, 5.74) is 4.64. The van der Waals surface area contributed by atoms with E-state index in [0.717, 1.165) is 43.5 Å². The number of aryl methyl sites for hydroxylation is 1. The number of carbonyl (C=O) groups is 1. The van der Waals surface area contributed by atoms with E-state index in [0.29, 0.717) is 11.3 Å². The second-order valence-corrected chi connectivity index (χ2v) is 9.51. The standard InChI is InChI=1S/C24H27BrN2O/c25-22-8-4-2-6-18(22)19-15-26-16-20(19)23(28)27-13-11-24(12-14-27)10-9-17-5-1-3-7-21(17)24/h1-8,19-20,26H,9-16H2/t19-,20+/m0/s1. The van der Waals surface area contributed by atoms with Crippen molar-refractivity contribution < 1.29 is 4.79 Å². The average molecular weight is 439 g/mol. The maximum absolute atomic E-state index is 13.4. The van der Waals surface area contributed by atoms with Crippen LogP contribution in [-0.2, 0) is 16.6 Å². The fraction of sp³-hybridized carbons (Fsp3) is 0.458. The summed E-state index contributed by atoms with van der Waals surface area (Å²) in [7, 11) is 0. The molecule has 0 bridgehead atoms. The van der Waals surface area contributed by atoms with Gasteiger partial charge in [-0.3, -0.25) is 4.79 Å². The molecule has 3 aliphatic rings. The van der Waals surface area contributed by atoms with Crippen molar-refractivity contribution in [3.05, 3.63) is 69.7 Å². The first-order valence-electron chi connectivity index (χ1n) is 10.5. The van der Waals surface area contributed by atoms with Gasteiger partial charge < -0.3 is 10.2 Å². The van der Waals surface area contributed by atoms with Crippen LogP contribution in [0.3, 0.4) is 0 Å². The van der Waals surface area contributed by atoms with Gasteiger partial charge in [0.2, 0.25) is 5.91 Å². The predicted octanol–water partition coefficient (Wildman–Crippen LogP) is 4.26. The van der Waals surface area contributed by atoms with Crippen LogP contribution in [0.15, 0.2) is 53.0 Å². The lowest BCUT2D eigenvalue weighted by atomic mass is 9.73. The van der Waals surface area contributed by atoms with Gasteiger partial charge in [-0.15, -0.1) is 0 Å². The minimum Gasteiger partial charge on any atom is -0.342 e. The molecule has 146 valence electrons. The van der Waals surface area contributed by atoms with Crippen LogP contribution in [0.5, 0.6) is 0 Å². The fourth-order valence-electron chi connectivity index (χ4n) is 5.71. The molecule has 2 aromatic carbocycles. The van der Waals surface area contributed by atoms with Crippen LogP contribution in [0.4, 0.5) is 0 Å². The lowest BCUT2D eigenvalue weighted by Crippen LogP contribution is -2.47. The van der Waals surface area contributed by atoms with Crippen molar-refractivity contribution in [2.75, 3.05) is 26.2 Å². The van der Waals surface area contributed by atoms with Crippen molar-refractivity contribution >= 4 is 21.8 Å². The van der Waals surface area contributed by atoms with E-state index < -0.39 is 0 Å². The third kappa shape index (κ3) is 3.02. The summed E-state index contributed by atoms with van der Waals surface area (Å²) in [6.45, 7) is 3.46. The van der Waals surface area contributed by atoms with Gasteiger partial charge in [-0.1, -0.05) is 58.4 Å². The largest absolute Gasteiger partial charge is 0.342 e. The Morgan fingerprint density at radius 1 is 1.00 bits per heavy atom. The second kappa shape index (κ2) is 7.31. The number of hydrogen-bond donors (Lipinski definition) is 1. The summed E-state index contributed by atoms with van der Waals surface area (Å²) in [6.07, 6.45) is 4.66. The lowest BCUT2D eigenvalue weighted by Gasteiger charge is -2.41. The Morgan fingerprint density at radius 3 is 2.57 bits per heavy atom. The van der Waals surface area contributed by atoms with E-state index in [1.165, 1.54) is 24.0 Å². The summed E-state index contributed by atoms with van der Waals surface area (Å²) in [5, 5.41) is 3.46. The first-order valence-corrected chi connectivity index (χ1v) is 11.3. The minimum absolute atomic E-state index is 0.0450. The maximum Gasteiger partial charge on any atom is 0.227 e. The third-order valence-corrected chi connectivity index (χ3v) is 8.05. The molecule has 2 aliphatic heterocycles. The van der Waals surface area contributed by atoms with Gasteiger partial charge in [0, 0.05) is 36.6 Å². The van der Waals surface area contributed by atoms with Crippen molar-refractivity contribution in [2.24, 2.45) is 5.92 Å². The highest BCUT2D eigenvalue weighted by molar-refractivity contribution is 9.10. The van der Waals surface area contributed by atoms with Crippen molar-refractivity contribution in [3.63, 3.8) is 0 Å². The van der Waals surface area contributed by atoms with Crippen LogP contribution in [0, 0.1) is 5.92 Å². The van der Waals surface area contributed by atoms with E-state index in [1.807, 2.05) is 6.07 Å². The highest BCUT2D eigenvalue weighted by Gasteiger charge is 2.44. The molecule has 2 fully saturated rings. The van der Waals surface area contributed by atoms with E-state index >= 15 is 0 Å². The van der Waals surface area contributed by atoms with Crippen LogP contribution >= 0.6 is 15.9 Å². The fourth-order valence-corrected chi connectivity index (χ4v) is 6.29. The van der Waals surface area contributed by atoms with E-state index in [9.17, 15) is 4.79 Å². The molecule has 0 radical (unpaired) electrons. The average Bonchev–Trinajstić information content (AvgIpc) is 3.35. The van der Waals surface area contributed by atoms with Crippen LogP contribution in [0.25, 0.3) is 0 Å². The van der Waals surface area contributed by atoms with Crippen LogP contribution in [0.2, 0.25) is 0 Å². The summed E-state index contributed by atoms with van der Waals surface area (Å²) in [4.78, 5) is 15.6. The number of amides is 1. The molecule has 3 nitrogen and oxygen atoms in total. The topological polar surface area (TPSA) is 32.3 Å². The Hall–Kier alpha value is -1.65. The Balaban J connectivity index is 1.31. The van der Waals surface area contributed by atoms with Gasteiger partial charge in [0.15, 0.2) is 0 Å². The number of hydrogen-bond acceptors (Lipinski definition) is 2. The molecule has 28 heavy (non-hydrogen) atoms. The molecular weight excluding hydrogens is 412 g/mol. The third-order valence-electron chi connectivity index (χ3n) is 7.33. The van der Waals surface area contributed by atoms with Gasteiger partial charge in [-0.2, -0.15) is 0 Å². The minimum atomic E-state index is 0.0450. The molecular formula is C24H27BrN2O. The number of nitrogens with zero attached hydrogens (tertiary/aromatic N) is 1.